The van der Waals surface area contributed by atoms with Crippen molar-refractivity contribution in [2.75, 3.05) is 6.54 Å². The number of aromatic amines is 1. The van der Waals surface area contributed by atoms with E-state index >= 15 is 0 Å². The first-order chi connectivity index (χ1) is 9.15. The van der Waals surface area contributed by atoms with Gasteiger partial charge in [0.1, 0.15) is 0 Å². The van der Waals surface area contributed by atoms with Gasteiger partial charge in [-0.3, -0.25) is 4.79 Å². The maximum Gasteiger partial charge on any atom is 0.254 e. The summed E-state index contributed by atoms with van der Waals surface area (Å²) in [6.07, 6.45) is 4.45. The Labute approximate surface area is 113 Å². The number of aromatic nitrogens is 1. The maximum atomic E-state index is 12.6. The number of rotatable bonds is 4. The number of benzene rings is 1. The molecule has 3 nitrogen and oxygen atoms in total. The largest absolute Gasteiger partial charge is 0.361 e. The number of fused-ring (bicyclic) bond motifs is 1. The molecule has 0 spiro atoms. The van der Waals surface area contributed by atoms with E-state index in [9.17, 15) is 4.79 Å². The van der Waals surface area contributed by atoms with E-state index in [2.05, 4.69) is 18.8 Å². The minimum atomic E-state index is 0.157. The minimum absolute atomic E-state index is 0.157. The summed E-state index contributed by atoms with van der Waals surface area (Å²) in [6, 6.07) is 8.15. The molecule has 0 atom stereocenters. The van der Waals surface area contributed by atoms with Crippen LogP contribution in [0.25, 0.3) is 10.9 Å². The predicted octanol–water partition coefficient (Wildman–Crippen LogP) is 3.43. The Hall–Kier alpha value is -1.77. The van der Waals surface area contributed by atoms with Crippen LogP contribution in [0.15, 0.2) is 30.5 Å². The second kappa shape index (κ2) is 4.72. The molecule has 0 bridgehead atoms. The summed E-state index contributed by atoms with van der Waals surface area (Å²) in [4.78, 5) is 17.8. The molecule has 2 aromatic rings. The predicted molar refractivity (Wildman–Crippen MR) is 77.2 cm³/mol. The van der Waals surface area contributed by atoms with Crippen LogP contribution in [0, 0.1) is 5.92 Å². The van der Waals surface area contributed by atoms with E-state index in [0.29, 0.717) is 0 Å². The smallest absolute Gasteiger partial charge is 0.254 e. The van der Waals surface area contributed by atoms with Crippen LogP contribution in [0.2, 0.25) is 0 Å². The van der Waals surface area contributed by atoms with Gasteiger partial charge in [0.25, 0.3) is 5.91 Å². The summed E-state index contributed by atoms with van der Waals surface area (Å²) in [5, 5.41) is 1.10. The van der Waals surface area contributed by atoms with Crippen LogP contribution < -0.4 is 0 Å². The molecular weight excluding hydrogens is 236 g/mol. The summed E-state index contributed by atoms with van der Waals surface area (Å²) in [5.74, 6) is 0.882. The second-order valence-electron chi connectivity index (χ2n) is 5.77. The second-order valence-corrected chi connectivity index (χ2v) is 5.77. The number of hydrogen-bond acceptors (Lipinski definition) is 1. The average molecular weight is 256 g/mol. The molecule has 1 aliphatic rings. The Balaban J connectivity index is 1.86. The van der Waals surface area contributed by atoms with Crippen LogP contribution in [0.1, 0.15) is 37.0 Å². The van der Waals surface area contributed by atoms with Crippen molar-refractivity contribution in [3.63, 3.8) is 0 Å². The SMILES string of the molecule is CC(C)N(CC1CC1)C(=O)c1ccc2[nH]ccc2c1. The van der Waals surface area contributed by atoms with Crippen molar-refractivity contribution in [3.8, 4) is 0 Å². The number of nitrogens with one attached hydrogen (secondary N) is 1. The highest BCUT2D eigenvalue weighted by Gasteiger charge is 2.28. The van der Waals surface area contributed by atoms with Gasteiger partial charge in [0.05, 0.1) is 0 Å². The quantitative estimate of drug-likeness (QED) is 0.894. The Bertz CT molecular complexity index is 596. The van der Waals surface area contributed by atoms with Crippen molar-refractivity contribution >= 4 is 16.8 Å². The summed E-state index contributed by atoms with van der Waals surface area (Å²) < 4.78 is 0. The number of H-pyrrole nitrogens is 1. The van der Waals surface area contributed by atoms with Gasteiger partial charge >= 0.3 is 0 Å². The zero-order chi connectivity index (χ0) is 13.4. The molecule has 100 valence electrons. The van der Waals surface area contributed by atoms with Gasteiger partial charge in [-0.05, 0) is 56.9 Å². The van der Waals surface area contributed by atoms with Crippen molar-refractivity contribution < 1.29 is 4.79 Å². The molecule has 19 heavy (non-hydrogen) atoms. The first kappa shape index (κ1) is 12.3. The first-order valence-electron chi connectivity index (χ1n) is 7.03. The lowest BCUT2D eigenvalue weighted by Crippen LogP contribution is -2.38. The van der Waals surface area contributed by atoms with E-state index in [0.717, 1.165) is 28.9 Å². The van der Waals surface area contributed by atoms with E-state index in [1.807, 2.05) is 35.4 Å². The standard InChI is InChI=1S/C16H20N2O/c1-11(2)18(10-12-3-4-12)16(19)14-5-6-15-13(9-14)7-8-17-15/h5-9,11-12,17H,3-4,10H2,1-2H3. The van der Waals surface area contributed by atoms with Crippen LogP contribution in [0.4, 0.5) is 0 Å². The number of amides is 1. The fraction of sp³-hybridized carbons (Fsp3) is 0.438. The van der Waals surface area contributed by atoms with E-state index in [4.69, 9.17) is 0 Å². The van der Waals surface area contributed by atoms with Gasteiger partial charge in [0.2, 0.25) is 0 Å². The van der Waals surface area contributed by atoms with Crippen molar-refractivity contribution in [2.24, 2.45) is 5.92 Å². The van der Waals surface area contributed by atoms with Crippen LogP contribution in [0.3, 0.4) is 0 Å². The lowest BCUT2D eigenvalue weighted by molar-refractivity contribution is 0.0696. The molecule has 1 amide bonds. The zero-order valence-electron chi connectivity index (χ0n) is 11.5. The molecule has 3 rings (SSSR count). The van der Waals surface area contributed by atoms with E-state index in [1.54, 1.807) is 0 Å². The highest BCUT2D eigenvalue weighted by Crippen LogP contribution is 2.31. The Kier molecular flexibility index (Phi) is 3.05. The third kappa shape index (κ3) is 2.50. The topological polar surface area (TPSA) is 36.1 Å². The highest BCUT2D eigenvalue weighted by atomic mass is 16.2. The fourth-order valence-corrected chi connectivity index (χ4v) is 2.46. The molecule has 0 aliphatic heterocycles. The molecule has 3 heteroatoms. The molecule has 1 N–H and O–H groups in total. The van der Waals surface area contributed by atoms with Gasteiger partial charge < -0.3 is 9.88 Å². The third-order valence-corrected chi connectivity index (χ3v) is 3.84. The molecular formula is C16H20N2O. The Morgan fingerprint density at radius 2 is 2.16 bits per heavy atom. The van der Waals surface area contributed by atoms with Gasteiger partial charge in [0.15, 0.2) is 0 Å². The molecule has 1 heterocycles. The number of carbonyl (C=O) groups excluding carboxylic acids is 1. The molecule has 0 radical (unpaired) electrons. The average Bonchev–Trinajstić information content (AvgIpc) is 3.09. The van der Waals surface area contributed by atoms with Crippen molar-refractivity contribution in [3.05, 3.63) is 36.0 Å². The van der Waals surface area contributed by atoms with Crippen LogP contribution in [-0.4, -0.2) is 28.4 Å². The first-order valence-corrected chi connectivity index (χ1v) is 7.03. The monoisotopic (exact) mass is 256 g/mol. The lowest BCUT2D eigenvalue weighted by atomic mass is 10.1. The fourth-order valence-electron chi connectivity index (χ4n) is 2.46. The molecule has 1 aliphatic carbocycles. The molecule has 0 saturated heterocycles. The van der Waals surface area contributed by atoms with E-state index in [1.165, 1.54) is 12.8 Å². The highest BCUT2D eigenvalue weighted by molar-refractivity contribution is 5.98. The maximum absolute atomic E-state index is 12.6. The molecule has 0 unspecified atom stereocenters. The van der Waals surface area contributed by atoms with Gasteiger partial charge in [-0.2, -0.15) is 0 Å². The third-order valence-electron chi connectivity index (χ3n) is 3.84. The molecule has 1 saturated carbocycles. The molecule has 1 fully saturated rings. The van der Waals surface area contributed by atoms with E-state index < -0.39 is 0 Å². The van der Waals surface area contributed by atoms with Gasteiger partial charge in [-0.1, -0.05) is 0 Å². The summed E-state index contributed by atoms with van der Waals surface area (Å²) >= 11 is 0. The molecule has 1 aromatic heterocycles. The summed E-state index contributed by atoms with van der Waals surface area (Å²) in [7, 11) is 0. The number of hydrogen-bond donors (Lipinski definition) is 1. The lowest BCUT2D eigenvalue weighted by Gasteiger charge is -2.27. The summed E-state index contributed by atoms with van der Waals surface area (Å²) in [5.41, 5.74) is 1.87. The molecule has 1 aromatic carbocycles. The van der Waals surface area contributed by atoms with Crippen LogP contribution in [0.5, 0.6) is 0 Å². The van der Waals surface area contributed by atoms with Crippen LogP contribution >= 0.6 is 0 Å². The van der Waals surface area contributed by atoms with Gasteiger partial charge in [-0.25, -0.2) is 0 Å². The summed E-state index contributed by atoms with van der Waals surface area (Å²) in [6.45, 7) is 5.09. The Morgan fingerprint density at radius 3 is 2.84 bits per heavy atom. The minimum Gasteiger partial charge on any atom is -0.361 e. The van der Waals surface area contributed by atoms with Crippen molar-refractivity contribution in [2.45, 2.75) is 32.7 Å². The number of nitrogens with zero attached hydrogens (tertiary/aromatic N) is 1. The van der Waals surface area contributed by atoms with Crippen molar-refractivity contribution in [1.29, 1.82) is 0 Å². The van der Waals surface area contributed by atoms with E-state index in [-0.39, 0.29) is 11.9 Å². The van der Waals surface area contributed by atoms with Gasteiger partial charge in [0, 0.05) is 35.2 Å². The van der Waals surface area contributed by atoms with Crippen molar-refractivity contribution in [1.82, 2.24) is 9.88 Å². The Morgan fingerprint density at radius 1 is 1.37 bits per heavy atom. The van der Waals surface area contributed by atoms with Crippen LogP contribution in [-0.2, 0) is 0 Å². The van der Waals surface area contributed by atoms with Gasteiger partial charge in [-0.15, -0.1) is 0 Å². The zero-order valence-corrected chi connectivity index (χ0v) is 11.5. The normalized spacial score (nSPS) is 15.1. The number of carbonyl (C=O) groups is 1.